The predicted octanol–water partition coefficient (Wildman–Crippen LogP) is 2.61. The largest absolute Gasteiger partial charge is 0.465 e. The Balaban J connectivity index is 2.63. The fourth-order valence-electron chi connectivity index (χ4n) is 3.49. The highest BCUT2D eigenvalue weighted by Gasteiger charge is 2.36. The molecule has 0 spiro atoms. The quantitative estimate of drug-likeness (QED) is 0.447. The van der Waals surface area contributed by atoms with E-state index >= 15 is 4.39 Å². The van der Waals surface area contributed by atoms with Gasteiger partial charge in [0.15, 0.2) is 32.2 Å². The second kappa shape index (κ2) is 10.2. The number of hydrogen-bond donors (Lipinski definition) is 2. The van der Waals surface area contributed by atoms with E-state index in [0.717, 1.165) is 39.0 Å². The molecule has 0 heterocycles. The second-order valence-electron chi connectivity index (χ2n) is 7.37. The van der Waals surface area contributed by atoms with Gasteiger partial charge in [-0.2, -0.15) is 0 Å². The van der Waals surface area contributed by atoms with Crippen molar-refractivity contribution >= 4 is 31.5 Å². The number of carbonyl (C=O) groups is 1. The van der Waals surface area contributed by atoms with Gasteiger partial charge in [-0.3, -0.25) is 4.79 Å². The highest BCUT2D eigenvalue weighted by Crippen LogP contribution is 2.36. The molecule has 0 amide bonds. The Morgan fingerprint density at radius 3 is 2.00 bits per heavy atom. The lowest BCUT2D eigenvalue weighted by atomic mass is 9.96. The third-order valence-electron chi connectivity index (χ3n) is 4.94. The SMILES string of the molecule is CC(=O)OCCS(=O)(=O)c1c(F)c(F)c(S(N)(=O)=O)c(F)c1NC1CCCCCCC1. The van der Waals surface area contributed by atoms with E-state index in [1.54, 1.807) is 0 Å². The Morgan fingerprint density at radius 1 is 0.968 bits per heavy atom. The maximum absolute atomic E-state index is 15.1. The number of primary sulfonamides is 1. The number of carbonyl (C=O) groups excluding carboxylic acids is 1. The summed E-state index contributed by atoms with van der Waals surface area (Å²) in [5, 5.41) is 7.42. The minimum atomic E-state index is -5.05. The fourth-order valence-corrected chi connectivity index (χ4v) is 5.51. The van der Waals surface area contributed by atoms with Crippen LogP contribution in [-0.4, -0.2) is 41.2 Å². The zero-order valence-electron chi connectivity index (χ0n) is 16.9. The highest BCUT2D eigenvalue weighted by atomic mass is 32.2. The molecular weight excluding hydrogens is 461 g/mol. The lowest BCUT2D eigenvalue weighted by Gasteiger charge is -2.25. The summed E-state index contributed by atoms with van der Waals surface area (Å²) >= 11 is 0. The molecule has 1 aliphatic carbocycles. The van der Waals surface area contributed by atoms with Crippen LogP contribution in [0.5, 0.6) is 0 Å². The van der Waals surface area contributed by atoms with Gasteiger partial charge in [0.25, 0.3) is 0 Å². The number of rotatable bonds is 7. The van der Waals surface area contributed by atoms with Crippen molar-refractivity contribution in [2.75, 3.05) is 17.7 Å². The van der Waals surface area contributed by atoms with E-state index in [1.165, 1.54) is 0 Å². The van der Waals surface area contributed by atoms with Crippen LogP contribution in [0.1, 0.15) is 51.9 Å². The Bertz CT molecular complexity index is 1040. The topological polar surface area (TPSA) is 133 Å². The first-order chi connectivity index (χ1) is 14.4. The maximum Gasteiger partial charge on any atom is 0.302 e. The van der Waals surface area contributed by atoms with Crippen LogP contribution >= 0.6 is 0 Å². The molecule has 3 N–H and O–H groups in total. The first kappa shape index (κ1) is 25.4. The van der Waals surface area contributed by atoms with Gasteiger partial charge in [0.2, 0.25) is 10.0 Å². The van der Waals surface area contributed by atoms with Crippen molar-refractivity contribution in [1.29, 1.82) is 0 Å². The summed E-state index contributed by atoms with van der Waals surface area (Å²) < 4.78 is 97.6. The van der Waals surface area contributed by atoms with Gasteiger partial charge in [0.05, 0.1) is 11.4 Å². The number of nitrogens with two attached hydrogens (primary N) is 1. The predicted molar refractivity (Wildman–Crippen MR) is 106 cm³/mol. The van der Waals surface area contributed by atoms with Gasteiger partial charge in [-0.1, -0.05) is 32.1 Å². The smallest absolute Gasteiger partial charge is 0.302 e. The normalized spacial score (nSPS) is 16.4. The minimum Gasteiger partial charge on any atom is -0.465 e. The van der Waals surface area contributed by atoms with Crippen LogP contribution in [0.25, 0.3) is 0 Å². The third kappa shape index (κ3) is 6.32. The minimum absolute atomic E-state index is 0.490. The van der Waals surface area contributed by atoms with Gasteiger partial charge < -0.3 is 10.1 Å². The van der Waals surface area contributed by atoms with Gasteiger partial charge in [0.1, 0.15) is 11.5 Å². The molecule has 2 rings (SSSR count). The van der Waals surface area contributed by atoms with Crippen LogP contribution in [-0.2, 0) is 29.4 Å². The fraction of sp³-hybridized carbons (Fsp3) is 0.611. The Morgan fingerprint density at radius 2 is 1.48 bits per heavy atom. The van der Waals surface area contributed by atoms with Crippen LogP contribution in [0.4, 0.5) is 18.9 Å². The molecule has 1 aromatic carbocycles. The molecule has 0 aromatic heterocycles. The summed E-state index contributed by atoms with van der Waals surface area (Å²) in [7, 11) is -9.77. The molecule has 0 saturated heterocycles. The number of anilines is 1. The van der Waals surface area contributed by atoms with E-state index in [2.05, 4.69) is 10.1 Å². The van der Waals surface area contributed by atoms with E-state index in [0.29, 0.717) is 12.8 Å². The average molecular weight is 487 g/mol. The van der Waals surface area contributed by atoms with E-state index in [4.69, 9.17) is 5.14 Å². The molecule has 8 nitrogen and oxygen atoms in total. The van der Waals surface area contributed by atoms with Crippen LogP contribution in [0, 0.1) is 17.5 Å². The second-order valence-corrected chi connectivity index (χ2v) is 10.9. The number of nitrogens with one attached hydrogen (secondary N) is 1. The van der Waals surface area contributed by atoms with Crippen molar-refractivity contribution < 1.29 is 39.5 Å². The zero-order valence-corrected chi connectivity index (χ0v) is 18.6. The van der Waals surface area contributed by atoms with Gasteiger partial charge in [-0.25, -0.2) is 35.1 Å². The van der Waals surface area contributed by atoms with Crippen LogP contribution in [0.2, 0.25) is 0 Å². The van der Waals surface area contributed by atoms with Crippen LogP contribution < -0.4 is 10.5 Å². The van der Waals surface area contributed by atoms with E-state index in [-0.39, 0.29) is 0 Å². The first-order valence-corrected chi connectivity index (χ1v) is 12.9. The Kier molecular flexibility index (Phi) is 8.34. The van der Waals surface area contributed by atoms with Crippen molar-refractivity contribution in [3.8, 4) is 0 Å². The van der Waals surface area contributed by atoms with Crippen molar-refractivity contribution in [3.05, 3.63) is 17.5 Å². The molecule has 176 valence electrons. The molecule has 0 atom stereocenters. The third-order valence-corrected chi connectivity index (χ3v) is 7.58. The number of hydrogen-bond acceptors (Lipinski definition) is 7. The standard InChI is InChI=1S/C18H25F3N2O6S2/c1-11(24)29-9-10-30(25,26)18-14(20)13(19)17(31(22,27)28)15(21)16(18)23-12-7-5-3-2-4-6-8-12/h12,23H,2-10H2,1H3,(H2,22,27,28). The number of halogens is 3. The molecule has 0 radical (unpaired) electrons. The van der Waals surface area contributed by atoms with Gasteiger partial charge >= 0.3 is 5.97 Å². The molecule has 0 aliphatic heterocycles. The molecule has 0 bridgehead atoms. The summed E-state index contributed by atoms with van der Waals surface area (Å²) in [5.74, 6) is -7.87. The van der Waals surface area contributed by atoms with Crippen molar-refractivity contribution in [3.63, 3.8) is 0 Å². The molecule has 13 heteroatoms. The summed E-state index contributed by atoms with van der Waals surface area (Å²) in [6, 6.07) is -0.490. The van der Waals surface area contributed by atoms with E-state index in [9.17, 15) is 30.4 Å². The molecule has 1 aliphatic rings. The van der Waals surface area contributed by atoms with Crippen LogP contribution in [0.15, 0.2) is 9.79 Å². The first-order valence-electron chi connectivity index (χ1n) is 9.72. The van der Waals surface area contributed by atoms with Gasteiger partial charge in [-0.15, -0.1) is 0 Å². The Labute approximate surface area is 179 Å². The van der Waals surface area contributed by atoms with Crippen LogP contribution in [0.3, 0.4) is 0 Å². The van der Waals surface area contributed by atoms with E-state index < -0.39 is 77.2 Å². The van der Waals surface area contributed by atoms with Gasteiger partial charge in [-0.05, 0) is 12.8 Å². The van der Waals surface area contributed by atoms with E-state index in [1.807, 2.05) is 0 Å². The molecular formula is C18H25F3N2O6S2. The molecule has 1 saturated carbocycles. The Hall–Kier alpha value is -1.86. The number of sulfonamides is 1. The summed E-state index contributed by atoms with van der Waals surface area (Å²) in [6.45, 7) is 0.342. The number of ether oxygens (including phenoxy) is 1. The maximum atomic E-state index is 15.1. The summed E-state index contributed by atoms with van der Waals surface area (Å²) in [4.78, 5) is 7.77. The lowest BCUT2D eigenvalue weighted by Crippen LogP contribution is -2.27. The average Bonchev–Trinajstić information content (AvgIpc) is 2.59. The zero-order chi connectivity index (χ0) is 23.4. The summed E-state index contributed by atoms with van der Waals surface area (Å²) in [5.41, 5.74) is -0.990. The summed E-state index contributed by atoms with van der Waals surface area (Å²) in [6.07, 6.45) is 5.27. The highest BCUT2D eigenvalue weighted by molar-refractivity contribution is 7.91. The monoisotopic (exact) mass is 486 g/mol. The number of benzene rings is 1. The molecule has 1 fully saturated rings. The number of esters is 1. The molecule has 1 aromatic rings. The lowest BCUT2D eigenvalue weighted by molar-refractivity contribution is -0.140. The van der Waals surface area contributed by atoms with Crippen molar-refractivity contribution in [2.24, 2.45) is 5.14 Å². The van der Waals surface area contributed by atoms with Crippen molar-refractivity contribution in [2.45, 2.75) is 67.7 Å². The van der Waals surface area contributed by atoms with Crippen molar-refractivity contribution in [1.82, 2.24) is 0 Å². The number of sulfone groups is 1. The van der Waals surface area contributed by atoms with Gasteiger partial charge in [0, 0.05) is 13.0 Å². The molecule has 0 unspecified atom stereocenters. The molecule has 31 heavy (non-hydrogen) atoms.